The molecule has 0 saturated heterocycles. The molecule has 0 fully saturated rings. The number of rotatable bonds is 3. The standard InChI is InChI=1S/C16H10ClN3OS/c1-10-4-2-3-5-12(10)14(21)11(9-18)8-13-15(17)19-16-20(13)6-7-22-16/h2-8H,1H3/b11-8+. The van der Waals surface area contributed by atoms with Gasteiger partial charge in [-0.3, -0.25) is 9.20 Å². The quantitative estimate of drug-likeness (QED) is 0.412. The van der Waals surface area contributed by atoms with Gasteiger partial charge in [-0.05, 0) is 18.6 Å². The summed E-state index contributed by atoms with van der Waals surface area (Å²) < 4.78 is 1.76. The van der Waals surface area contributed by atoms with E-state index in [1.807, 2.05) is 30.5 Å². The van der Waals surface area contributed by atoms with E-state index in [9.17, 15) is 10.1 Å². The molecule has 3 aromatic rings. The summed E-state index contributed by atoms with van der Waals surface area (Å²) in [5.74, 6) is -0.318. The molecule has 0 atom stereocenters. The van der Waals surface area contributed by atoms with Crippen LogP contribution in [0.5, 0.6) is 0 Å². The van der Waals surface area contributed by atoms with Gasteiger partial charge in [0.05, 0.1) is 5.69 Å². The van der Waals surface area contributed by atoms with Gasteiger partial charge in [0.25, 0.3) is 0 Å². The van der Waals surface area contributed by atoms with Gasteiger partial charge in [-0.25, -0.2) is 4.98 Å². The molecule has 0 bridgehead atoms. The number of imidazole rings is 1. The summed E-state index contributed by atoms with van der Waals surface area (Å²) in [6.45, 7) is 1.84. The van der Waals surface area contributed by atoms with Gasteiger partial charge in [-0.2, -0.15) is 5.26 Å². The van der Waals surface area contributed by atoms with E-state index in [1.54, 1.807) is 22.7 Å². The number of Topliss-reactive ketones (excluding diaryl/α,β-unsaturated/α-hetero) is 1. The molecule has 1 aromatic carbocycles. The lowest BCUT2D eigenvalue weighted by Gasteiger charge is -2.03. The first-order valence-corrected chi connectivity index (χ1v) is 7.70. The number of hydrogen-bond acceptors (Lipinski definition) is 4. The Labute approximate surface area is 135 Å². The molecule has 0 unspecified atom stereocenters. The second-order valence-corrected chi connectivity index (χ2v) is 5.89. The van der Waals surface area contributed by atoms with E-state index in [-0.39, 0.29) is 16.5 Å². The molecule has 4 nitrogen and oxygen atoms in total. The van der Waals surface area contributed by atoms with Gasteiger partial charge < -0.3 is 0 Å². The number of fused-ring (bicyclic) bond motifs is 1. The minimum atomic E-state index is -0.318. The van der Waals surface area contributed by atoms with Crippen LogP contribution < -0.4 is 0 Å². The van der Waals surface area contributed by atoms with Crippen LogP contribution in [0.1, 0.15) is 21.6 Å². The summed E-state index contributed by atoms with van der Waals surface area (Å²) in [6.07, 6.45) is 3.29. The van der Waals surface area contributed by atoms with Gasteiger partial charge in [-0.15, -0.1) is 11.3 Å². The van der Waals surface area contributed by atoms with E-state index in [1.165, 1.54) is 17.4 Å². The van der Waals surface area contributed by atoms with Gasteiger partial charge >= 0.3 is 0 Å². The Hall–Kier alpha value is -2.42. The number of thiazole rings is 1. The number of ketones is 1. The number of benzene rings is 1. The summed E-state index contributed by atoms with van der Waals surface area (Å²) in [6, 6.07) is 9.14. The number of carbonyl (C=O) groups is 1. The van der Waals surface area contributed by atoms with Crippen molar-refractivity contribution in [3.05, 3.63) is 63.4 Å². The second kappa shape index (κ2) is 5.76. The predicted octanol–water partition coefficient (Wildman–Crippen LogP) is 4.15. The third-order valence-corrected chi connectivity index (χ3v) is 4.32. The van der Waals surface area contributed by atoms with Crippen LogP contribution in [0, 0.1) is 18.3 Å². The maximum Gasteiger partial charge on any atom is 0.203 e. The highest BCUT2D eigenvalue weighted by Crippen LogP contribution is 2.24. The van der Waals surface area contributed by atoms with E-state index in [0.29, 0.717) is 11.3 Å². The Bertz CT molecular complexity index is 946. The Morgan fingerprint density at radius 2 is 2.23 bits per heavy atom. The van der Waals surface area contributed by atoms with Crippen LogP contribution in [-0.4, -0.2) is 15.2 Å². The van der Waals surface area contributed by atoms with Crippen molar-refractivity contribution in [2.45, 2.75) is 6.92 Å². The van der Waals surface area contributed by atoms with Gasteiger partial charge in [0.2, 0.25) is 5.78 Å². The number of nitrogens with zero attached hydrogens (tertiary/aromatic N) is 3. The molecule has 0 saturated carbocycles. The zero-order valence-electron chi connectivity index (χ0n) is 11.6. The van der Waals surface area contributed by atoms with E-state index in [2.05, 4.69) is 4.98 Å². The smallest absolute Gasteiger partial charge is 0.203 e. The Morgan fingerprint density at radius 3 is 2.95 bits per heavy atom. The zero-order chi connectivity index (χ0) is 15.7. The summed E-state index contributed by atoms with van der Waals surface area (Å²) in [7, 11) is 0. The SMILES string of the molecule is Cc1ccccc1C(=O)/C(C#N)=C/c1c(Cl)nc2sccn12. The lowest BCUT2D eigenvalue weighted by Crippen LogP contribution is -2.04. The molecule has 0 aliphatic carbocycles. The van der Waals surface area contributed by atoms with Gasteiger partial charge in [-0.1, -0.05) is 35.9 Å². The van der Waals surface area contributed by atoms with Crippen LogP contribution in [0.4, 0.5) is 0 Å². The lowest BCUT2D eigenvalue weighted by molar-refractivity contribution is 0.103. The first kappa shape index (κ1) is 14.5. The van der Waals surface area contributed by atoms with E-state index < -0.39 is 0 Å². The molecule has 0 N–H and O–H groups in total. The summed E-state index contributed by atoms with van der Waals surface area (Å²) in [4.78, 5) is 17.5. The maximum atomic E-state index is 12.5. The number of allylic oxidation sites excluding steroid dienone is 1. The van der Waals surface area contributed by atoms with Crippen LogP contribution in [0.3, 0.4) is 0 Å². The molecule has 2 heterocycles. The molecule has 6 heteroatoms. The molecule has 22 heavy (non-hydrogen) atoms. The fraction of sp³-hybridized carbons (Fsp3) is 0.0625. The number of aromatic nitrogens is 2. The highest BCUT2D eigenvalue weighted by atomic mass is 35.5. The van der Waals surface area contributed by atoms with Crippen molar-refractivity contribution in [2.24, 2.45) is 0 Å². The fourth-order valence-corrected chi connectivity index (χ4v) is 3.16. The maximum absolute atomic E-state index is 12.5. The van der Waals surface area contributed by atoms with Crippen LogP contribution in [0.25, 0.3) is 11.0 Å². The summed E-state index contributed by atoms with van der Waals surface area (Å²) in [5.41, 5.74) is 1.91. The van der Waals surface area contributed by atoms with Crippen LogP contribution in [0.15, 0.2) is 41.4 Å². The molecule has 3 rings (SSSR count). The van der Waals surface area contributed by atoms with E-state index >= 15 is 0 Å². The van der Waals surface area contributed by atoms with Crippen molar-refractivity contribution in [1.82, 2.24) is 9.38 Å². The number of nitriles is 1. The van der Waals surface area contributed by atoms with Gasteiger partial charge in [0.15, 0.2) is 10.1 Å². The van der Waals surface area contributed by atoms with E-state index in [4.69, 9.17) is 11.6 Å². The Morgan fingerprint density at radius 1 is 1.45 bits per heavy atom. The number of halogens is 1. The molecule has 108 valence electrons. The van der Waals surface area contributed by atoms with Crippen LogP contribution in [-0.2, 0) is 0 Å². The molecule has 0 aliphatic heterocycles. The topological polar surface area (TPSA) is 58.2 Å². The summed E-state index contributed by atoms with van der Waals surface area (Å²) in [5, 5.41) is 11.5. The Kier molecular flexibility index (Phi) is 3.80. The average molecular weight is 328 g/mol. The van der Waals surface area contributed by atoms with Gasteiger partial charge in [0, 0.05) is 17.1 Å². The minimum Gasteiger partial charge on any atom is -0.289 e. The molecule has 0 amide bonds. The second-order valence-electron chi connectivity index (χ2n) is 4.66. The first-order chi connectivity index (χ1) is 10.6. The first-order valence-electron chi connectivity index (χ1n) is 6.45. The lowest BCUT2D eigenvalue weighted by atomic mass is 9.99. The van der Waals surface area contributed by atoms with Crippen molar-refractivity contribution < 1.29 is 4.79 Å². The molecular formula is C16H10ClN3OS. The average Bonchev–Trinajstić information content (AvgIpc) is 3.06. The van der Waals surface area contributed by atoms with E-state index in [0.717, 1.165) is 10.5 Å². The zero-order valence-corrected chi connectivity index (χ0v) is 13.1. The number of carbonyl (C=O) groups excluding carboxylic acids is 1. The molecule has 0 radical (unpaired) electrons. The van der Waals surface area contributed by atoms with Crippen molar-refractivity contribution in [1.29, 1.82) is 5.26 Å². The molecule has 0 aliphatic rings. The fourth-order valence-electron chi connectivity index (χ4n) is 2.16. The molecule has 2 aromatic heterocycles. The van der Waals surface area contributed by atoms with Crippen molar-refractivity contribution >= 4 is 39.8 Å². The summed E-state index contributed by atoms with van der Waals surface area (Å²) >= 11 is 7.54. The van der Waals surface area contributed by atoms with Crippen LogP contribution >= 0.6 is 22.9 Å². The molecule has 0 spiro atoms. The number of hydrogen-bond donors (Lipinski definition) is 0. The highest BCUT2D eigenvalue weighted by Gasteiger charge is 2.17. The minimum absolute atomic E-state index is 0.0317. The third-order valence-electron chi connectivity index (χ3n) is 3.29. The predicted molar refractivity (Wildman–Crippen MR) is 87.2 cm³/mol. The largest absolute Gasteiger partial charge is 0.289 e. The van der Waals surface area contributed by atoms with Crippen molar-refractivity contribution in [3.8, 4) is 6.07 Å². The third kappa shape index (κ3) is 2.43. The van der Waals surface area contributed by atoms with Crippen molar-refractivity contribution in [2.75, 3.05) is 0 Å². The molecular weight excluding hydrogens is 318 g/mol. The Balaban J connectivity index is 2.10. The van der Waals surface area contributed by atoms with Crippen LogP contribution in [0.2, 0.25) is 5.15 Å². The highest BCUT2D eigenvalue weighted by molar-refractivity contribution is 7.15. The monoisotopic (exact) mass is 327 g/mol. The van der Waals surface area contributed by atoms with Crippen molar-refractivity contribution in [3.63, 3.8) is 0 Å². The van der Waals surface area contributed by atoms with Gasteiger partial charge in [0.1, 0.15) is 11.6 Å². The normalized spacial score (nSPS) is 11.6. The number of aryl methyl sites for hydroxylation is 1.